The molecular formula is C7H9N. The predicted octanol–water partition coefficient (Wildman–Crippen LogP) is 1.87. The third kappa shape index (κ3) is 1.10. The van der Waals surface area contributed by atoms with E-state index in [1.165, 1.54) is 0 Å². The van der Waals surface area contributed by atoms with E-state index in [0.29, 0.717) is 6.42 Å². The normalized spacial score (nSPS) is 49.1. The van der Waals surface area contributed by atoms with Crippen LogP contribution in [-0.4, -0.2) is 0 Å². The van der Waals surface area contributed by atoms with E-state index < -0.39 is 12.8 Å². The average Bonchev–Trinajstić information content (AvgIpc) is 1.95. The maximum atomic E-state index is 8.47. The quantitative estimate of drug-likeness (QED) is 0.435. The van der Waals surface area contributed by atoms with Crippen LogP contribution in [0.3, 0.4) is 0 Å². The third-order valence-corrected chi connectivity index (χ3v) is 1.11. The first-order chi connectivity index (χ1) is 4.75. The summed E-state index contributed by atoms with van der Waals surface area (Å²) < 4.78 is 14.7. The number of hydrogen-bond acceptors (Lipinski definition) is 1. The van der Waals surface area contributed by atoms with Crippen LogP contribution in [0, 0.1) is 17.2 Å². The molecule has 8 heavy (non-hydrogen) atoms. The maximum absolute atomic E-state index is 8.47. The van der Waals surface area contributed by atoms with Gasteiger partial charge in [0.2, 0.25) is 0 Å². The van der Waals surface area contributed by atoms with Crippen molar-refractivity contribution in [1.82, 2.24) is 0 Å². The van der Waals surface area contributed by atoms with Crippen molar-refractivity contribution in [2.45, 2.75) is 19.2 Å². The zero-order valence-electron chi connectivity index (χ0n) is 6.54. The van der Waals surface area contributed by atoms with E-state index in [1.807, 2.05) is 12.1 Å². The van der Waals surface area contributed by atoms with Crippen LogP contribution in [0.1, 0.15) is 22.0 Å². The van der Waals surface area contributed by atoms with Crippen molar-refractivity contribution >= 4 is 0 Å². The van der Waals surface area contributed by atoms with Gasteiger partial charge in [-0.3, -0.25) is 0 Å². The SMILES string of the molecule is [2H][C@H]1[C@@H](C#N)C=CC[C@@H]1[2H]. The van der Waals surface area contributed by atoms with Crippen LogP contribution < -0.4 is 0 Å². The fraction of sp³-hybridized carbons (Fsp3) is 0.571. The van der Waals surface area contributed by atoms with Crippen molar-refractivity contribution in [3.8, 4) is 6.07 Å². The molecule has 0 N–H and O–H groups in total. The molecule has 1 heteroatoms. The molecule has 0 saturated carbocycles. The lowest BCUT2D eigenvalue weighted by atomic mass is 9.98. The van der Waals surface area contributed by atoms with E-state index in [4.69, 9.17) is 8.00 Å². The fourth-order valence-corrected chi connectivity index (χ4v) is 0.679. The second kappa shape index (κ2) is 2.52. The van der Waals surface area contributed by atoms with Gasteiger partial charge < -0.3 is 0 Å². The Kier molecular flexibility index (Phi) is 1.04. The van der Waals surface area contributed by atoms with E-state index in [2.05, 4.69) is 0 Å². The van der Waals surface area contributed by atoms with E-state index in [1.54, 1.807) is 6.08 Å². The van der Waals surface area contributed by atoms with Crippen molar-refractivity contribution in [2.75, 3.05) is 0 Å². The Balaban J connectivity index is 2.68. The summed E-state index contributed by atoms with van der Waals surface area (Å²) in [6.07, 6.45) is 3.20. The van der Waals surface area contributed by atoms with Crippen molar-refractivity contribution in [3.05, 3.63) is 12.2 Å². The van der Waals surface area contributed by atoms with Gasteiger partial charge in [0.1, 0.15) is 0 Å². The highest BCUT2D eigenvalue weighted by Crippen LogP contribution is 2.14. The molecule has 1 nitrogen and oxygen atoms in total. The first kappa shape index (κ1) is 3.29. The number of nitriles is 1. The minimum Gasteiger partial charge on any atom is -0.198 e. The highest BCUT2D eigenvalue weighted by Gasteiger charge is 2.04. The van der Waals surface area contributed by atoms with Gasteiger partial charge in [-0.15, -0.1) is 0 Å². The fourth-order valence-electron chi connectivity index (χ4n) is 0.679. The molecule has 0 saturated heterocycles. The third-order valence-electron chi connectivity index (χ3n) is 1.11. The molecule has 0 bridgehead atoms. The lowest BCUT2D eigenvalue weighted by molar-refractivity contribution is 0.640. The summed E-state index contributed by atoms with van der Waals surface area (Å²) in [5.41, 5.74) is 0. The largest absolute Gasteiger partial charge is 0.198 e. The van der Waals surface area contributed by atoms with Gasteiger partial charge in [-0.1, -0.05) is 12.2 Å². The molecule has 42 valence electrons. The van der Waals surface area contributed by atoms with Gasteiger partial charge >= 0.3 is 0 Å². The van der Waals surface area contributed by atoms with Gasteiger partial charge in [0.25, 0.3) is 0 Å². The van der Waals surface area contributed by atoms with Crippen molar-refractivity contribution in [3.63, 3.8) is 0 Å². The predicted molar refractivity (Wildman–Crippen MR) is 32.1 cm³/mol. The molecule has 0 heterocycles. The highest BCUT2D eigenvalue weighted by atomic mass is 14.3. The summed E-state index contributed by atoms with van der Waals surface area (Å²) >= 11 is 0. The smallest absolute Gasteiger partial charge is 0.0697 e. The molecule has 0 aliphatic heterocycles. The molecule has 0 aromatic rings. The van der Waals surface area contributed by atoms with Crippen LogP contribution in [0.25, 0.3) is 0 Å². The highest BCUT2D eigenvalue weighted by molar-refractivity contribution is 5.02. The number of nitrogens with zero attached hydrogens (tertiary/aromatic N) is 1. The summed E-state index contributed by atoms with van der Waals surface area (Å²) in [4.78, 5) is 0. The molecule has 0 aromatic carbocycles. The van der Waals surface area contributed by atoms with Crippen LogP contribution in [0.5, 0.6) is 0 Å². The summed E-state index contributed by atoms with van der Waals surface area (Å²) in [6.45, 7) is 0. The van der Waals surface area contributed by atoms with Gasteiger partial charge in [0, 0.05) is 2.74 Å². The first-order valence-corrected chi connectivity index (χ1v) is 2.66. The van der Waals surface area contributed by atoms with Crippen LogP contribution >= 0.6 is 0 Å². The molecule has 0 fully saturated rings. The van der Waals surface area contributed by atoms with Gasteiger partial charge in [-0.25, -0.2) is 0 Å². The van der Waals surface area contributed by atoms with Crippen molar-refractivity contribution in [2.24, 2.45) is 5.92 Å². The summed E-state index contributed by atoms with van der Waals surface area (Å²) in [5.74, 6) is -0.365. The minimum atomic E-state index is -0.546. The molecule has 0 spiro atoms. The van der Waals surface area contributed by atoms with Crippen LogP contribution in [0.2, 0.25) is 0 Å². The number of hydrogen-bond donors (Lipinski definition) is 0. The molecular weight excluding hydrogens is 98.1 g/mol. The monoisotopic (exact) mass is 109 g/mol. The Morgan fingerprint density at radius 1 is 1.88 bits per heavy atom. The summed E-state index contributed by atoms with van der Waals surface area (Å²) in [5, 5.41) is 8.47. The Morgan fingerprint density at radius 2 is 2.75 bits per heavy atom. The molecule has 0 radical (unpaired) electrons. The second-order valence-electron chi connectivity index (χ2n) is 1.75. The zero-order chi connectivity index (χ0) is 7.56. The Hall–Kier alpha value is -0.770. The van der Waals surface area contributed by atoms with E-state index >= 15 is 0 Å². The van der Waals surface area contributed by atoms with Gasteiger partial charge in [0.05, 0.1) is 12.0 Å². The maximum Gasteiger partial charge on any atom is 0.0697 e. The second-order valence-corrected chi connectivity index (χ2v) is 1.75. The molecule has 0 amide bonds. The lowest BCUT2D eigenvalue weighted by Crippen LogP contribution is -1.95. The Morgan fingerprint density at radius 3 is 3.38 bits per heavy atom. The Bertz CT molecular complexity index is 183. The number of rotatable bonds is 0. The van der Waals surface area contributed by atoms with E-state index in [0.717, 1.165) is 0 Å². The molecule has 1 rings (SSSR count). The molecule has 3 atom stereocenters. The van der Waals surface area contributed by atoms with Crippen molar-refractivity contribution < 1.29 is 2.74 Å². The number of allylic oxidation sites excluding steroid dienone is 2. The molecule has 1 aliphatic carbocycles. The topological polar surface area (TPSA) is 23.8 Å². The molecule has 0 unspecified atom stereocenters. The molecule has 0 aromatic heterocycles. The van der Waals surface area contributed by atoms with Gasteiger partial charge in [-0.05, 0) is 19.2 Å². The zero-order valence-corrected chi connectivity index (χ0v) is 4.54. The van der Waals surface area contributed by atoms with Gasteiger partial charge in [-0.2, -0.15) is 5.26 Å². The van der Waals surface area contributed by atoms with Crippen LogP contribution in [-0.2, 0) is 0 Å². The minimum absolute atomic E-state index is 0.365. The van der Waals surface area contributed by atoms with E-state index in [-0.39, 0.29) is 5.92 Å². The van der Waals surface area contributed by atoms with Crippen molar-refractivity contribution in [1.29, 1.82) is 5.26 Å². The summed E-state index contributed by atoms with van der Waals surface area (Å²) in [6, 6.07) is 1.99. The first-order valence-electron chi connectivity index (χ1n) is 3.82. The molecule has 1 aliphatic rings. The van der Waals surface area contributed by atoms with Crippen LogP contribution in [0.15, 0.2) is 12.2 Å². The average molecular weight is 109 g/mol. The summed E-state index contributed by atoms with van der Waals surface area (Å²) in [7, 11) is 0. The van der Waals surface area contributed by atoms with Gasteiger partial charge in [0.15, 0.2) is 0 Å². The van der Waals surface area contributed by atoms with E-state index in [9.17, 15) is 0 Å². The standard InChI is InChI=1S/C7H9N/c8-6-7-4-2-1-3-5-7/h2,4,7H,1,3,5H2/t7-/m0/s1/i3D,5D/t3-,5+,7-. The Labute approximate surface area is 52.4 Å². The lowest BCUT2D eigenvalue weighted by Gasteiger charge is -2.05. The van der Waals surface area contributed by atoms with Crippen LogP contribution in [0.4, 0.5) is 0 Å².